The van der Waals surface area contributed by atoms with E-state index in [-0.39, 0.29) is 0 Å². The van der Waals surface area contributed by atoms with E-state index in [9.17, 15) is 0 Å². The molecule has 1 aliphatic heterocycles. The van der Waals surface area contributed by atoms with E-state index in [0.717, 1.165) is 6.04 Å². The van der Waals surface area contributed by atoms with E-state index < -0.39 is 0 Å². The molecule has 0 aromatic heterocycles. The van der Waals surface area contributed by atoms with Gasteiger partial charge in [-0.3, -0.25) is 0 Å². The van der Waals surface area contributed by atoms with E-state index in [1.54, 1.807) is 0 Å². The molecule has 0 radical (unpaired) electrons. The van der Waals surface area contributed by atoms with E-state index >= 15 is 0 Å². The van der Waals surface area contributed by atoms with Crippen LogP contribution in [0.25, 0.3) is 0 Å². The smallest absolute Gasteiger partial charge is 0.0121 e. The predicted molar refractivity (Wildman–Crippen MR) is 51.2 cm³/mol. The van der Waals surface area contributed by atoms with Crippen molar-refractivity contribution < 1.29 is 0 Å². The van der Waals surface area contributed by atoms with Gasteiger partial charge in [-0.05, 0) is 51.2 Å². The van der Waals surface area contributed by atoms with Crippen LogP contribution in [-0.4, -0.2) is 26.2 Å². The molecule has 1 unspecified atom stereocenters. The lowest BCUT2D eigenvalue weighted by molar-refractivity contribution is 0.166. The van der Waals surface area contributed by atoms with Crippen molar-refractivity contribution in [1.82, 2.24) is 10.6 Å². The molecule has 70 valence electrons. The summed E-state index contributed by atoms with van der Waals surface area (Å²) in [6.45, 7) is 2.47. The lowest BCUT2D eigenvalue weighted by Crippen LogP contribution is -2.46. The highest BCUT2D eigenvalue weighted by atomic mass is 14.9. The van der Waals surface area contributed by atoms with Gasteiger partial charge in [0.05, 0.1) is 0 Å². The van der Waals surface area contributed by atoms with Gasteiger partial charge in [0, 0.05) is 6.04 Å². The fraction of sp³-hybridized carbons (Fsp3) is 1.00. The standard InChI is InChI=1S/C10H20N2/c1-11-9-3-2-4-10(9)5-7-12-8-6-10/h9,11-12H,2-8H2,1H3. The number of piperidine rings is 1. The summed E-state index contributed by atoms with van der Waals surface area (Å²) in [5, 5.41) is 6.95. The van der Waals surface area contributed by atoms with Crippen molar-refractivity contribution in [3.8, 4) is 0 Å². The van der Waals surface area contributed by atoms with Crippen LogP contribution < -0.4 is 10.6 Å². The summed E-state index contributed by atoms with van der Waals surface area (Å²) >= 11 is 0. The van der Waals surface area contributed by atoms with Crippen molar-refractivity contribution >= 4 is 0 Å². The molecule has 0 aromatic carbocycles. The Morgan fingerprint density at radius 3 is 2.67 bits per heavy atom. The molecular formula is C10H20N2. The van der Waals surface area contributed by atoms with Crippen LogP contribution in [0.1, 0.15) is 32.1 Å². The minimum Gasteiger partial charge on any atom is -0.317 e. The molecule has 1 saturated carbocycles. The van der Waals surface area contributed by atoms with Crippen LogP contribution in [0, 0.1) is 5.41 Å². The maximum atomic E-state index is 3.50. The van der Waals surface area contributed by atoms with Gasteiger partial charge in [0.15, 0.2) is 0 Å². The zero-order chi connectivity index (χ0) is 8.44. The average molecular weight is 168 g/mol. The molecule has 0 amide bonds. The molecule has 1 atom stereocenters. The molecule has 2 fully saturated rings. The summed E-state index contributed by atoms with van der Waals surface area (Å²) in [4.78, 5) is 0. The Balaban J connectivity index is 2.05. The van der Waals surface area contributed by atoms with Crippen molar-refractivity contribution in [2.45, 2.75) is 38.1 Å². The fourth-order valence-corrected chi connectivity index (χ4v) is 3.11. The first-order chi connectivity index (χ1) is 5.87. The van der Waals surface area contributed by atoms with Crippen LogP contribution in [0.4, 0.5) is 0 Å². The summed E-state index contributed by atoms with van der Waals surface area (Å²) in [7, 11) is 2.12. The number of hydrogen-bond acceptors (Lipinski definition) is 2. The van der Waals surface area contributed by atoms with Crippen molar-refractivity contribution in [2.75, 3.05) is 20.1 Å². The monoisotopic (exact) mass is 168 g/mol. The second kappa shape index (κ2) is 3.35. The van der Waals surface area contributed by atoms with Crippen LogP contribution >= 0.6 is 0 Å². The minimum atomic E-state index is 0.667. The van der Waals surface area contributed by atoms with Crippen molar-refractivity contribution in [1.29, 1.82) is 0 Å². The van der Waals surface area contributed by atoms with Crippen molar-refractivity contribution in [3.05, 3.63) is 0 Å². The van der Waals surface area contributed by atoms with Crippen molar-refractivity contribution in [2.24, 2.45) is 5.41 Å². The third-order valence-electron chi connectivity index (χ3n) is 3.85. The minimum absolute atomic E-state index is 0.667. The van der Waals surface area contributed by atoms with E-state index in [0.29, 0.717) is 5.41 Å². The number of rotatable bonds is 1. The third kappa shape index (κ3) is 1.27. The molecule has 0 aromatic rings. The van der Waals surface area contributed by atoms with Crippen LogP contribution in [0.3, 0.4) is 0 Å². The summed E-state index contributed by atoms with van der Waals surface area (Å²) in [5.41, 5.74) is 0.667. The molecule has 1 saturated heterocycles. The maximum Gasteiger partial charge on any atom is 0.0121 e. The molecule has 2 aliphatic rings. The summed E-state index contributed by atoms with van der Waals surface area (Å²) in [5.74, 6) is 0. The van der Waals surface area contributed by atoms with Gasteiger partial charge in [0.2, 0.25) is 0 Å². The average Bonchev–Trinajstić information content (AvgIpc) is 2.49. The highest BCUT2D eigenvalue weighted by molar-refractivity contribution is 4.98. The lowest BCUT2D eigenvalue weighted by Gasteiger charge is -2.39. The van der Waals surface area contributed by atoms with Gasteiger partial charge in [-0.2, -0.15) is 0 Å². The highest BCUT2D eigenvalue weighted by Gasteiger charge is 2.42. The van der Waals surface area contributed by atoms with Crippen LogP contribution in [0.15, 0.2) is 0 Å². The first-order valence-electron chi connectivity index (χ1n) is 5.25. The molecule has 12 heavy (non-hydrogen) atoms. The Morgan fingerprint density at radius 2 is 2.00 bits per heavy atom. The topological polar surface area (TPSA) is 24.1 Å². The first-order valence-corrected chi connectivity index (χ1v) is 5.25. The molecule has 2 rings (SSSR count). The Labute approximate surface area is 75.1 Å². The summed E-state index contributed by atoms with van der Waals surface area (Å²) in [6.07, 6.45) is 7.07. The van der Waals surface area contributed by atoms with Crippen LogP contribution in [0.2, 0.25) is 0 Å². The van der Waals surface area contributed by atoms with Gasteiger partial charge in [-0.15, -0.1) is 0 Å². The van der Waals surface area contributed by atoms with Crippen molar-refractivity contribution in [3.63, 3.8) is 0 Å². The van der Waals surface area contributed by atoms with Gasteiger partial charge in [0.25, 0.3) is 0 Å². The van der Waals surface area contributed by atoms with E-state index in [1.807, 2.05) is 0 Å². The van der Waals surface area contributed by atoms with Gasteiger partial charge >= 0.3 is 0 Å². The maximum absolute atomic E-state index is 3.50. The summed E-state index contributed by atoms with van der Waals surface area (Å²) in [6, 6.07) is 0.805. The Morgan fingerprint density at radius 1 is 1.25 bits per heavy atom. The Kier molecular flexibility index (Phi) is 2.37. The molecule has 2 nitrogen and oxygen atoms in total. The summed E-state index contributed by atoms with van der Waals surface area (Å²) < 4.78 is 0. The molecule has 0 bridgehead atoms. The second-order valence-electron chi connectivity index (χ2n) is 4.35. The lowest BCUT2D eigenvalue weighted by atomic mass is 9.74. The van der Waals surface area contributed by atoms with E-state index in [1.165, 1.54) is 45.2 Å². The van der Waals surface area contributed by atoms with E-state index in [4.69, 9.17) is 0 Å². The van der Waals surface area contributed by atoms with Gasteiger partial charge in [-0.25, -0.2) is 0 Å². The predicted octanol–water partition coefficient (Wildman–Crippen LogP) is 1.13. The third-order valence-corrected chi connectivity index (χ3v) is 3.85. The zero-order valence-electron chi connectivity index (χ0n) is 8.03. The fourth-order valence-electron chi connectivity index (χ4n) is 3.11. The van der Waals surface area contributed by atoms with E-state index in [2.05, 4.69) is 17.7 Å². The number of nitrogens with one attached hydrogen (secondary N) is 2. The number of hydrogen-bond donors (Lipinski definition) is 2. The quantitative estimate of drug-likeness (QED) is 0.613. The molecule has 2 N–H and O–H groups in total. The Bertz CT molecular complexity index is 150. The molecule has 1 heterocycles. The van der Waals surface area contributed by atoms with Gasteiger partial charge < -0.3 is 10.6 Å². The van der Waals surface area contributed by atoms with Gasteiger partial charge in [-0.1, -0.05) is 6.42 Å². The van der Waals surface area contributed by atoms with Crippen LogP contribution in [-0.2, 0) is 0 Å². The largest absolute Gasteiger partial charge is 0.317 e. The first kappa shape index (κ1) is 8.52. The normalized spacial score (nSPS) is 34.2. The zero-order valence-corrected chi connectivity index (χ0v) is 8.03. The second-order valence-corrected chi connectivity index (χ2v) is 4.35. The molecule has 1 spiro atoms. The molecule has 1 aliphatic carbocycles. The molecule has 2 heteroatoms. The highest BCUT2D eigenvalue weighted by Crippen LogP contribution is 2.44. The SMILES string of the molecule is CNC1CCCC12CCNCC2. The van der Waals surface area contributed by atoms with Gasteiger partial charge in [0.1, 0.15) is 0 Å². The Hall–Kier alpha value is -0.0800. The molecular weight excluding hydrogens is 148 g/mol. The van der Waals surface area contributed by atoms with Crippen LogP contribution in [0.5, 0.6) is 0 Å².